The van der Waals surface area contributed by atoms with Crippen LogP contribution >= 0.6 is 0 Å². The Hall–Kier alpha value is -2.95. The van der Waals surface area contributed by atoms with E-state index in [1.807, 2.05) is 59.4 Å². The number of methoxy groups -OCH3 is 2. The summed E-state index contributed by atoms with van der Waals surface area (Å²) in [6.07, 6.45) is 1.82. The summed E-state index contributed by atoms with van der Waals surface area (Å²) in [7, 11) is 3.28. The lowest BCUT2D eigenvalue weighted by atomic mass is 10.2. The van der Waals surface area contributed by atoms with E-state index in [0.717, 1.165) is 22.6 Å². The van der Waals surface area contributed by atoms with Crippen LogP contribution in [0.4, 0.5) is 0 Å². The first-order chi connectivity index (χ1) is 11.7. The van der Waals surface area contributed by atoms with Crippen LogP contribution in [-0.4, -0.2) is 23.6 Å². The molecule has 0 saturated carbocycles. The lowest BCUT2D eigenvalue weighted by molar-refractivity contribution is 0.414. The average molecular weight is 324 g/mol. The lowest BCUT2D eigenvalue weighted by Gasteiger charge is -2.13. The second-order valence-electron chi connectivity index (χ2n) is 5.51. The van der Waals surface area contributed by atoms with E-state index in [9.17, 15) is 4.79 Å². The van der Waals surface area contributed by atoms with Gasteiger partial charge in [0.15, 0.2) is 0 Å². The molecule has 0 unspecified atom stereocenters. The smallest absolute Gasteiger partial charge is 0.266 e. The van der Waals surface area contributed by atoms with Crippen LogP contribution in [0.15, 0.2) is 65.6 Å². The summed E-state index contributed by atoms with van der Waals surface area (Å²) in [6.45, 7) is 1.15. The minimum absolute atomic E-state index is 0.0145. The molecule has 5 nitrogen and oxygen atoms in total. The molecule has 1 heterocycles. The summed E-state index contributed by atoms with van der Waals surface area (Å²) in [4.78, 5) is 12.2. The Morgan fingerprint density at radius 3 is 1.75 bits per heavy atom. The number of ether oxygens (including phenoxy) is 2. The van der Waals surface area contributed by atoms with Crippen LogP contribution in [0.3, 0.4) is 0 Å². The Kier molecular flexibility index (Phi) is 4.70. The van der Waals surface area contributed by atoms with Crippen LogP contribution in [0, 0.1) is 0 Å². The van der Waals surface area contributed by atoms with Gasteiger partial charge in [0, 0.05) is 12.3 Å². The number of aromatic nitrogens is 2. The molecule has 0 N–H and O–H groups in total. The molecule has 0 aliphatic heterocycles. The highest BCUT2D eigenvalue weighted by atomic mass is 16.5. The van der Waals surface area contributed by atoms with Gasteiger partial charge in [-0.05, 0) is 35.4 Å². The van der Waals surface area contributed by atoms with E-state index in [1.165, 1.54) is 0 Å². The minimum atomic E-state index is -0.0145. The van der Waals surface area contributed by atoms with E-state index >= 15 is 0 Å². The maximum absolute atomic E-state index is 12.2. The Balaban J connectivity index is 1.80. The summed E-state index contributed by atoms with van der Waals surface area (Å²) >= 11 is 0. The molecule has 0 amide bonds. The number of hydrogen-bond donors (Lipinski definition) is 0. The highest BCUT2D eigenvalue weighted by Gasteiger charge is 2.06. The van der Waals surface area contributed by atoms with Crippen molar-refractivity contribution < 1.29 is 9.47 Å². The van der Waals surface area contributed by atoms with Gasteiger partial charge in [0.2, 0.25) is 0 Å². The largest absolute Gasteiger partial charge is 0.497 e. The fraction of sp³-hybridized carbons (Fsp3) is 0.211. The van der Waals surface area contributed by atoms with E-state index in [-0.39, 0.29) is 5.56 Å². The van der Waals surface area contributed by atoms with Crippen LogP contribution in [0.2, 0.25) is 0 Å². The van der Waals surface area contributed by atoms with E-state index in [1.54, 1.807) is 25.0 Å². The molecule has 2 aromatic carbocycles. The Morgan fingerprint density at radius 2 is 1.25 bits per heavy atom. The van der Waals surface area contributed by atoms with Gasteiger partial charge in [0.1, 0.15) is 11.5 Å². The predicted molar refractivity (Wildman–Crippen MR) is 92.9 cm³/mol. The molecule has 0 spiro atoms. The molecular weight excluding hydrogens is 304 g/mol. The van der Waals surface area contributed by atoms with Crippen LogP contribution in [0.25, 0.3) is 0 Å². The zero-order chi connectivity index (χ0) is 16.9. The fourth-order valence-electron chi connectivity index (χ4n) is 2.57. The molecule has 1 aromatic heterocycles. The molecule has 0 saturated heterocycles. The fourth-order valence-corrected chi connectivity index (χ4v) is 2.57. The minimum Gasteiger partial charge on any atom is -0.497 e. The SMILES string of the molecule is COc1ccc(Cn2ccc(=O)n2Cc2ccc(OC)cc2)cc1. The highest BCUT2D eigenvalue weighted by Crippen LogP contribution is 2.14. The molecule has 24 heavy (non-hydrogen) atoms. The third-order valence-corrected chi connectivity index (χ3v) is 3.95. The van der Waals surface area contributed by atoms with Crippen molar-refractivity contribution in [3.63, 3.8) is 0 Å². The topological polar surface area (TPSA) is 45.4 Å². The van der Waals surface area contributed by atoms with Gasteiger partial charge >= 0.3 is 0 Å². The second-order valence-corrected chi connectivity index (χ2v) is 5.51. The van der Waals surface area contributed by atoms with Crippen molar-refractivity contribution in [3.8, 4) is 11.5 Å². The van der Waals surface area contributed by atoms with Gasteiger partial charge in [0.25, 0.3) is 5.56 Å². The molecule has 0 bridgehead atoms. The van der Waals surface area contributed by atoms with Crippen LogP contribution in [0.1, 0.15) is 11.1 Å². The van der Waals surface area contributed by atoms with Crippen LogP contribution in [-0.2, 0) is 13.1 Å². The molecule has 0 radical (unpaired) electrons. The summed E-state index contributed by atoms with van der Waals surface area (Å²) in [5.41, 5.74) is 2.14. The van der Waals surface area contributed by atoms with E-state index in [4.69, 9.17) is 9.47 Å². The Labute approximate surface area is 140 Å². The van der Waals surface area contributed by atoms with Gasteiger partial charge in [-0.15, -0.1) is 0 Å². The molecule has 0 atom stereocenters. The molecule has 3 aromatic rings. The molecule has 0 aliphatic carbocycles. The van der Waals surface area contributed by atoms with Crippen LogP contribution < -0.4 is 15.0 Å². The third-order valence-electron chi connectivity index (χ3n) is 3.95. The zero-order valence-corrected chi connectivity index (χ0v) is 13.8. The summed E-state index contributed by atoms with van der Waals surface area (Å²) in [5, 5.41) is 0. The predicted octanol–water partition coefficient (Wildman–Crippen LogP) is 2.76. The van der Waals surface area contributed by atoms with Gasteiger partial charge in [-0.3, -0.25) is 9.48 Å². The van der Waals surface area contributed by atoms with Crippen molar-refractivity contribution in [1.29, 1.82) is 0 Å². The average Bonchev–Trinajstić information content (AvgIpc) is 2.96. The van der Waals surface area contributed by atoms with Crippen LogP contribution in [0.5, 0.6) is 11.5 Å². The molecular formula is C19H20N2O3. The summed E-state index contributed by atoms with van der Waals surface area (Å²) < 4.78 is 14.0. The van der Waals surface area contributed by atoms with Gasteiger partial charge in [0.05, 0.1) is 27.3 Å². The third kappa shape index (κ3) is 3.51. The number of benzene rings is 2. The molecule has 3 rings (SSSR count). The monoisotopic (exact) mass is 324 g/mol. The van der Waals surface area contributed by atoms with Crippen molar-refractivity contribution in [1.82, 2.24) is 9.36 Å². The Morgan fingerprint density at radius 1 is 0.750 bits per heavy atom. The quantitative estimate of drug-likeness (QED) is 0.700. The lowest BCUT2D eigenvalue weighted by Crippen LogP contribution is -2.23. The Bertz CT molecular complexity index is 846. The molecule has 0 fully saturated rings. The number of rotatable bonds is 6. The van der Waals surface area contributed by atoms with Crippen molar-refractivity contribution in [3.05, 3.63) is 82.3 Å². The second kappa shape index (κ2) is 7.08. The molecule has 124 valence electrons. The maximum atomic E-state index is 12.2. The van der Waals surface area contributed by atoms with Gasteiger partial charge < -0.3 is 9.47 Å². The van der Waals surface area contributed by atoms with Crippen molar-refractivity contribution in [2.24, 2.45) is 0 Å². The first-order valence-corrected chi connectivity index (χ1v) is 7.71. The van der Waals surface area contributed by atoms with Gasteiger partial charge in [-0.1, -0.05) is 24.3 Å². The normalized spacial score (nSPS) is 10.6. The standard InChI is InChI=1S/C19H20N2O3/c1-23-17-7-3-15(4-8-17)13-20-12-11-19(22)21(20)14-16-5-9-18(24-2)10-6-16/h3-12H,13-14H2,1-2H3. The van der Waals surface area contributed by atoms with E-state index < -0.39 is 0 Å². The van der Waals surface area contributed by atoms with E-state index in [0.29, 0.717) is 13.1 Å². The molecule has 5 heteroatoms. The number of hydrogen-bond acceptors (Lipinski definition) is 3. The van der Waals surface area contributed by atoms with Crippen molar-refractivity contribution in [2.75, 3.05) is 14.2 Å². The first-order valence-electron chi connectivity index (χ1n) is 7.71. The van der Waals surface area contributed by atoms with Gasteiger partial charge in [-0.2, -0.15) is 0 Å². The first kappa shape index (κ1) is 15.9. The van der Waals surface area contributed by atoms with E-state index in [2.05, 4.69) is 0 Å². The summed E-state index contributed by atoms with van der Waals surface area (Å²) in [6, 6.07) is 17.2. The van der Waals surface area contributed by atoms with Gasteiger partial charge in [-0.25, -0.2) is 4.68 Å². The summed E-state index contributed by atoms with van der Waals surface area (Å²) in [5.74, 6) is 1.63. The highest BCUT2D eigenvalue weighted by molar-refractivity contribution is 5.28. The van der Waals surface area contributed by atoms with Crippen molar-refractivity contribution in [2.45, 2.75) is 13.1 Å². The van der Waals surface area contributed by atoms with Crippen molar-refractivity contribution >= 4 is 0 Å². The zero-order valence-electron chi connectivity index (χ0n) is 13.8. The molecule has 0 aliphatic rings. The maximum Gasteiger partial charge on any atom is 0.266 e. The number of nitrogens with zero attached hydrogens (tertiary/aromatic N) is 2.